The molecule has 140 valence electrons. The Labute approximate surface area is 160 Å². The number of nitrogens with zero attached hydrogens (tertiary/aromatic N) is 1. The van der Waals surface area contributed by atoms with Crippen molar-refractivity contribution in [3.8, 4) is 11.5 Å². The van der Waals surface area contributed by atoms with E-state index in [9.17, 15) is 9.90 Å². The van der Waals surface area contributed by atoms with E-state index in [0.717, 1.165) is 41.8 Å². The van der Waals surface area contributed by atoms with Crippen LogP contribution in [0.3, 0.4) is 0 Å². The van der Waals surface area contributed by atoms with Gasteiger partial charge in [-0.05, 0) is 49.2 Å². The molecule has 0 amide bonds. The number of hydrogen-bond acceptors (Lipinski definition) is 4. The van der Waals surface area contributed by atoms with E-state index >= 15 is 0 Å². The lowest BCUT2D eigenvalue weighted by atomic mass is 9.91. The third kappa shape index (κ3) is 4.12. The van der Waals surface area contributed by atoms with Crippen LogP contribution in [0, 0.1) is 6.92 Å². The Bertz CT molecular complexity index is 898. The van der Waals surface area contributed by atoms with E-state index in [1.54, 1.807) is 6.08 Å². The van der Waals surface area contributed by atoms with Crippen LogP contribution in [-0.2, 0) is 0 Å². The van der Waals surface area contributed by atoms with Gasteiger partial charge < -0.3 is 14.7 Å². The fourth-order valence-corrected chi connectivity index (χ4v) is 3.39. The highest BCUT2D eigenvalue weighted by molar-refractivity contribution is 6.11. The Hall–Kier alpha value is -2.85. The van der Waals surface area contributed by atoms with Gasteiger partial charge in [0.15, 0.2) is 5.78 Å². The Morgan fingerprint density at radius 2 is 2.00 bits per heavy atom. The molecule has 0 atom stereocenters. The smallest absolute Gasteiger partial charge is 0.193 e. The number of carbonyl (C=O) groups excluding carboxylic acids is 1. The number of methoxy groups -OCH3 is 1. The van der Waals surface area contributed by atoms with E-state index in [0.29, 0.717) is 5.75 Å². The number of phenolic OH excluding ortho intramolecular Hbond substituents is 1. The van der Waals surface area contributed by atoms with Crippen molar-refractivity contribution in [2.24, 2.45) is 0 Å². The van der Waals surface area contributed by atoms with Crippen molar-refractivity contribution in [2.75, 3.05) is 27.2 Å². The summed E-state index contributed by atoms with van der Waals surface area (Å²) in [7, 11) is 3.58. The average molecular weight is 363 g/mol. The molecule has 0 saturated heterocycles. The normalized spacial score (nSPS) is 15.0. The second-order valence-corrected chi connectivity index (χ2v) is 6.84. The van der Waals surface area contributed by atoms with Gasteiger partial charge in [0.1, 0.15) is 17.1 Å². The molecule has 1 N–H and O–H groups in total. The van der Waals surface area contributed by atoms with Gasteiger partial charge in [-0.2, -0.15) is 0 Å². The molecule has 2 aromatic carbocycles. The number of aromatic hydroxyl groups is 1. The number of phenols is 1. The van der Waals surface area contributed by atoms with Gasteiger partial charge in [-0.3, -0.25) is 4.79 Å². The highest BCUT2D eigenvalue weighted by Gasteiger charge is 2.24. The van der Waals surface area contributed by atoms with Crippen LogP contribution in [0.5, 0.6) is 11.5 Å². The lowest BCUT2D eigenvalue weighted by Gasteiger charge is -2.24. The summed E-state index contributed by atoms with van der Waals surface area (Å²) in [6, 6.07) is 11.4. The van der Waals surface area contributed by atoms with Crippen molar-refractivity contribution < 1.29 is 14.6 Å². The zero-order chi connectivity index (χ0) is 19.4. The Kier molecular flexibility index (Phi) is 5.77. The van der Waals surface area contributed by atoms with E-state index in [1.807, 2.05) is 43.3 Å². The predicted octanol–water partition coefficient (Wildman–Crippen LogP) is 4.32. The zero-order valence-electron chi connectivity index (χ0n) is 16.0. The van der Waals surface area contributed by atoms with Crippen LogP contribution in [-0.4, -0.2) is 43.0 Å². The molecule has 2 aromatic rings. The second kappa shape index (κ2) is 8.23. The maximum atomic E-state index is 12.9. The van der Waals surface area contributed by atoms with Crippen LogP contribution in [0.2, 0.25) is 0 Å². The molecule has 1 heterocycles. The minimum Gasteiger partial charge on any atom is -0.506 e. The number of benzene rings is 2. The first-order valence-corrected chi connectivity index (χ1v) is 9.07. The number of rotatable bonds is 5. The zero-order valence-corrected chi connectivity index (χ0v) is 16.0. The van der Waals surface area contributed by atoms with Crippen molar-refractivity contribution in [3.05, 3.63) is 70.8 Å². The summed E-state index contributed by atoms with van der Waals surface area (Å²) in [6.07, 6.45) is 6.18. The maximum absolute atomic E-state index is 12.9. The maximum Gasteiger partial charge on any atom is 0.193 e. The van der Waals surface area contributed by atoms with Gasteiger partial charge >= 0.3 is 0 Å². The summed E-state index contributed by atoms with van der Waals surface area (Å²) in [4.78, 5) is 15.1. The SMILES string of the molecule is COc1cc(C)c(C2=CCN(C)CC2)c(O)c1C(=O)/C=C/c1ccccc1. The minimum absolute atomic E-state index is 0.00497. The molecule has 0 saturated carbocycles. The third-order valence-corrected chi connectivity index (χ3v) is 4.89. The highest BCUT2D eigenvalue weighted by Crippen LogP contribution is 2.40. The number of allylic oxidation sites excluding steroid dienone is 1. The predicted molar refractivity (Wildman–Crippen MR) is 109 cm³/mol. The number of ketones is 1. The molecule has 4 nitrogen and oxygen atoms in total. The van der Waals surface area contributed by atoms with Gasteiger partial charge in [-0.15, -0.1) is 0 Å². The molecular weight excluding hydrogens is 338 g/mol. The molecule has 0 spiro atoms. The monoisotopic (exact) mass is 363 g/mol. The van der Waals surface area contributed by atoms with E-state index < -0.39 is 0 Å². The van der Waals surface area contributed by atoms with E-state index in [1.165, 1.54) is 13.2 Å². The quantitative estimate of drug-likeness (QED) is 0.635. The average Bonchev–Trinajstić information content (AvgIpc) is 2.68. The largest absolute Gasteiger partial charge is 0.506 e. The van der Waals surface area contributed by atoms with Crippen molar-refractivity contribution in [2.45, 2.75) is 13.3 Å². The molecule has 0 aromatic heterocycles. The first-order valence-electron chi connectivity index (χ1n) is 9.07. The summed E-state index contributed by atoms with van der Waals surface area (Å²) in [5.74, 6) is 0.123. The molecule has 27 heavy (non-hydrogen) atoms. The number of carbonyl (C=O) groups is 1. The van der Waals surface area contributed by atoms with Gasteiger partial charge in [0.05, 0.1) is 7.11 Å². The summed E-state index contributed by atoms with van der Waals surface area (Å²) in [5.41, 5.74) is 3.87. The van der Waals surface area contributed by atoms with Crippen LogP contribution in [0.25, 0.3) is 11.6 Å². The second-order valence-electron chi connectivity index (χ2n) is 6.84. The molecule has 1 aliphatic rings. The minimum atomic E-state index is -0.275. The Morgan fingerprint density at radius 1 is 1.26 bits per heavy atom. The van der Waals surface area contributed by atoms with Crippen LogP contribution >= 0.6 is 0 Å². The topological polar surface area (TPSA) is 49.8 Å². The van der Waals surface area contributed by atoms with Gasteiger partial charge in [0, 0.05) is 18.7 Å². The highest BCUT2D eigenvalue weighted by atomic mass is 16.5. The molecule has 1 aliphatic heterocycles. The fourth-order valence-electron chi connectivity index (χ4n) is 3.39. The van der Waals surface area contributed by atoms with E-state index in [-0.39, 0.29) is 17.1 Å². The van der Waals surface area contributed by atoms with Gasteiger partial charge in [-0.1, -0.05) is 42.5 Å². The third-order valence-electron chi connectivity index (χ3n) is 4.89. The number of ether oxygens (including phenoxy) is 1. The number of hydrogen-bond donors (Lipinski definition) is 1. The Balaban J connectivity index is 2.02. The van der Waals surface area contributed by atoms with Gasteiger partial charge in [0.2, 0.25) is 0 Å². The van der Waals surface area contributed by atoms with Crippen molar-refractivity contribution >= 4 is 17.4 Å². The fraction of sp³-hybridized carbons (Fsp3) is 0.261. The van der Waals surface area contributed by atoms with Gasteiger partial charge in [0.25, 0.3) is 0 Å². The van der Waals surface area contributed by atoms with Crippen LogP contribution < -0.4 is 4.74 Å². The first-order chi connectivity index (χ1) is 13.0. The van der Waals surface area contributed by atoms with Crippen molar-refractivity contribution in [1.29, 1.82) is 0 Å². The number of aryl methyl sites for hydroxylation is 1. The molecule has 4 heteroatoms. The van der Waals surface area contributed by atoms with Crippen LogP contribution in [0.1, 0.15) is 33.5 Å². The summed E-state index contributed by atoms with van der Waals surface area (Å²) < 4.78 is 5.40. The van der Waals surface area contributed by atoms with Crippen molar-refractivity contribution in [1.82, 2.24) is 4.90 Å². The summed E-state index contributed by atoms with van der Waals surface area (Å²) in [6.45, 7) is 3.69. The molecule has 3 rings (SSSR count). The standard InChI is InChI=1S/C23H25NO3/c1-16-15-20(27-3)22(19(25)10-9-17-7-5-4-6-8-17)23(26)21(16)18-11-13-24(2)14-12-18/h4-11,15,26H,12-14H2,1-3H3/b10-9+. The lowest BCUT2D eigenvalue weighted by molar-refractivity contribution is 0.104. The van der Waals surface area contributed by atoms with E-state index in [2.05, 4.69) is 18.0 Å². The summed E-state index contributed by atoms with van der Waals surface area (Å²) >= 11 is 0. The lowest BCUT2D eigenvalue weighted by Crippen LogP contribution is -2.24. The molecule has 0 bridgehead atoms. The summed E-state index contributed by atoms with van der Waals surface area (Å²) in [5, 5.41) is 11.0. The Morgan fingerprint density at radius 3 is 2.63 bits per heavy atom. The molecule has 0 fully saturated rings. The molecule has 0 radical (unpaired) electrons. The molecule has 0 unspecified atom stereocenters. The van der Waals surface area contributed by atoms with E-state index in [4.69, 9.17) is 4.74 Å². The number of likely N-dealkylation sites (N-methyl/N-ethyl adjacent to an activating group) is 1. The molecule has 0 aliphatic carbocycles. The van der Waals surface area contributed by atoms with Crippen LogP contribution in [0.15, 0.2) is 48.6 Å². The van der Waals surface area contributed by atoms with Gasteiger partial charge in [-0.25, -0.2) is 0 Å². The van der Waals surface area contributed by atoms with Crippen LogP contribution in [0.4, 0.5) is 0 Å². The molecular formula is C23H25NO3. The first kappa shape index (κ1) is 18.9. The van der Waals surface area contributed by atoms with Crippen molar-refractivity contribution in [3.63, 3.8) is 0 Å².